The number of aliphatic hydroxyl groups is 1. The third kappa shape index (κ3) is 4.68. The van der Waals surface area contributed by atoms with E-state index in [1.807, 2.05) is 0 Å². The lowest BCUT2D eigenvalue weighted by atomic mass is 10.1. The van der Waals surface area contributed by atoms with Crippen LogP contribution in [0.15, 0.2) is 48.7 Å². The van der Waals surface area contributed by atoms with E-state index >= 15 is 0 Å². The number of carbonyl (C=O) groups is 1. The van der Waals surface area contributed by atoms with Crippen LogP contribution in [0.25, 0.3) is 0 Å². The maximum Gasteiger partial charge on any atom is 0.273 e. The van der Waals surface area contributed by atoms with Crippen molar-refractivity contribution >= 4 is 5.91 Å². The van der Waals surface area contributed by atoms with Gasteiger partial charge in [0.1, 0.15) is 23.5 Å². The lowest BCUT2D eigenvalue weighted by molar-refractivity contribution is 0.0945. The first-order valence-corrected chi connectivity index (χ1v) is 8.40. The number of nitrogens with zero attached hydrogens (tertiary/aromatic N) is 3. The number of para-hydroxylation sites is 1. The Bertz CT molecular complexity index is 957. The van der Waals surface area contributed by atoms with Gasteiger partial charge in [0.25, 0.3) is 5.91 Å². The van der Waals surface area contributed by atoms with Crippen LogP contribution in [0.5, 0.6) is 5.75 Å². The highest BCUT2D eigenvalue weighted by Crippen LogP contribution is 2.25. The number of aromatic nitrogens is 3. The molecule has 28 heavy (non-hydrogen) atoms. The summed E-state index contributed by atoms with van der Waals surface area (Å²) in [4.78, 5) is 12.2. The minimum atomic E-state index is -0.913. The second-order valence-electron chi connectivity index (χ2n) is 6.04. The number of hydrogen-bond donors (Lipinski definition) is 2. The van der Waals surface area contributed by atoms with Crippen molar-refractivity contribution in [1.29, 1.82) is 0 Å². The van der Waals surface area contributed by atoms with Crippen molar-refractivity contribution in [1.82, 2.24) is 20.3 Å². The Balaban J connectivity index is 1.62. The molecule has 0 saturated heterocycles. The molecule has 0 aliphatic heterocycles. The first kappa shape index (κ1) is 19.4. The third-order valence-electron chi connectivity index (χ3n) is 4.00. The van der Waals surface area contributed by atoms with Gasteiger partial charge in [0, 0.05) is 18.2 Å². The van der Waals surface area contributed by atoms with Crippen LogP contribution in [0, 0.1) is 11.6 Å². The predicted molar refractivity (Wildman–Crippen MR) is 95.5 cm³/mol. The van der Waals surface area contributed by atoms with Gasteiger partial charge in [0.05, 0.1) is 19.9 Å². The number of methoxy groups -OCH3 is 1. The van der Waals surface area contributed by atoms with Gasteiger partial charge in [-0.2, -0.15) is 0 Å². The fraction of sp³-hybridized carbons (Fsp3) is 0.211. The number of benzene rings is 2. The first-order valence-electron chi connectivity index (χ1n) is 8.40. The van der Waals surface area contributed by atoms with E-state index < -0.39 is 23.6 Å². The molecule has 2 N–H and O–H groups in total. The molecule has 0 aliphatic rings. The lowest BCUT2D eigenvalue weighted by Crippen LogP contribution is -2.23. The molecule has 0 spiro atoms. The molecule has 1 amide bonds. The van der Waals surface area contributed by atoms with Crippen molar-refractivity contribution in [3.63, 3.8) is 0 Å². The van der Waals surface area contributed by atoms with Crippen molar-refractivity contribution in [2.24, 2.45) is 0 Å². The van der Waals surface area contributed by atoms with Crippen molar-refractivity contribution in [2.75, 3.05) is 7.11 Å². The third-order valence-corrected chi connectivity index (χ3v) is 4.00. The van der Waals surface area contributed by atoms with Crippen LogP contribution in [0.2, 0.25) is 0 Å². The topological polar surface area (TPSA) is 89.3 Å². The molecule has 1 heterocycles. The van der Waals surface area contributed by atoms with E-state index in [9.17, 15) is 18.7 Å². The van der Waals surface area contributed by atoms with Crippen molar-refractivity contribution < 1.29 is 23.4 Å². The van der Waals surface area contributed by atoms with E-state index in [0.717, 1.165) is 18.2 Å². The summed E-state index contributed by atoms with van der Waals surface area (Å²) in [5.41, 5.74) is 0.883. The molecule has 1 atom stereocenters. The summed E-state index contributed by atoms with van der Waals surface area (Å²) >= 11 is 0. The Morgan fingerprint density at radius 3 is 2.68 bits per heavy atom. The van der Waals surface area contributed by atoms with Crippen molar-refractivity contribution in [3.8, 4) is 5.75 Å². The fourth-order valence-corrected chi connectivity index (χ4v) is 2.69. The largest absolute Gasteiger partial charge is 0.496 e. The maximum absolute atomic E-state index is 13.2. The SMILES string of the molecule is COc1ccccc1C(O)Cn1cc(C(=O)NCc2cc(F)cc(F)c2)nn1. The Labute approximate surface area is 159 Å². The molecule has 3 aromatic rings. The van der Waals surface area contributed by atoms with E-state index in [-0.39, 0.29) is 24.3 Å². The van der Waals surface area contributed by atoms with Crippen molar-refractivity contribution in [3.05, 3.63) is 77.1 Å². The van der Waals surface area contributed by atoms with Crippen LogP contribution in [-0.4, -0.2) is 33.1 Å². The predicted octanol–water partition coefficient (Wildman–Crippen LogP) is 2.23. The van der Waals surface area contributed by atoms with Gasteiger partial charge in [-0.1, -0.05) is 23.4 Å². The summed E-state index contributed by atoms with van der Waals surface area (Å²) in [6, 6.07) is 10.0. The minimum Gasteiger partial charge on any atom is -0.496 e. The van der Waals surface area contributed by atoms with Crippen LogP contribution in [-0.2, 0) is 13.1 Å². The normalized spacial score (nSPS) is 11.9. The standard InChI is InChI=1S/C19H18F2N4O3/c1-28-18-5-3-2-4-15(18)17(26)11-25-10-16(23-24-25)19(27)22-9-12-6-13(20)8-14(21)7-12/h2-8,10,17,26H,9,11H2,1H3,(H,22,27). The summed E-state index contributed by atoms with van der Waals surface area (Å²) in [6.45, 7) is -0.0000262. The average Bonchev–Trinajstić information content (AvgIpc) is 3.14. The monoisotopic (exact) mass is 388 g/mol. The van der Waals surface area contributed by atoms with Gasteiger partial charge in [0.15, 0.2) is 5.69 Å². The zero-order valence-corrected chi connectivity index (χ0v) is 15.0. The molecule has 0 radical (unpaired) electrons. The van der Waals surface area contributed by atoms with E-state index in [0.29, 0.717) is 11.3 Å². The number of aliphatic hydroxyl groups excluding tert-OH is 1. The number of nitrogens with one attached hydrogen (secondary N) is 1. The molecule has 9 heteroatoms. The molecule has 0 bridgehead atoms. The van der Waals surface area contributed by atoms with Crippen LogP contribution in [0.1, 0.15) is 27.7 Å². The second kappa shape index (κ2) is 8.57. The number of ether oxygens (including phenoxy) is 1. The highest BCUT2D eigenvalue weighted by Gasteiger charge is 2.16. The van der Waals surface area contributed by atoms with Gasteiger partial charge in [0.2, 0.25) is 0 Å². The maximum atomic E-state index is 13.2. The zero-order chi connectivity index (χ0) is 20.1. The van der Waals surface area contributed by atoms with E-state index in [1.165, 1.54) is 18.0 Å². The molecule has 7 nitrogen and oxygen atoms in total. The molecule has 0 aliphatic carbocycles. The van der Waals surface area contributed by atoms with E-state index in [4.69, 9.17) is 4.74 Å². The number of amides is 1. The Hall–Kier alpha value is -3.33. The molecule has 1 aromatic heterocycles. The van der Waals surface area contributed by atoms with Gasteiger partial charge in [-0.3, -0.25) is 4.79 Å². The van der Waals surface area contributed by atoms with E-state index in [1.54, 1.807) is 24.3 Å². The molecular formula is C19H18F2N4O3. The Morgan fingerprint density at radius 1 is 1.25 bits per heavy atom. The molecule has 2 aromatic carbocycles. The summed E-state index contributed by atoms with van der Waals surface area (Å²) in [6.07, 6.45) is 0.462. The smallest absolute Gasteiger partial charge is 0.273 e. The van der Waals surface area contributed by atoms with E-state index in [2.05, 4.69) is 15.6 Å². The molecule has 3 rings (SSSR count). The van der Waals surface area contributed by atoms with Gasteiger partial charge in [-0.05, 0) is 23.8 Å². The molecule has 0 fully saturated rings. The molecule has 0 saturated carbocycles. The highest BCUT2D eigenvalue weighted by atomic mass is 19.1. The first-order chi connectivity index (χ1) is 13.5. The summed E-state index contributed by atoms with van der Waals surface area (Å²) < 4.78 is 32.9. The second-order valence-corrected chi connectivity index (χ2v) is 6.04. The average molecular weight is 388 g/mol. The van der Waals surface area contributed by atoms with Gasteiger partial charge < -0.3 is 15.2 Å². The van der Waals surface area contributed by atoms with Gasteiger partial charge in [-0.15, -0.1) is 5.10 Å². The van der Waals surface area contributed by atoms with Crippen molar-refractivity contribution in [2.45, 2.75) is 19.2 Å². The number of hydrogen-bond acceptors (Lipinski definition) is 5. The molecular weight excluding hydrogens is 370 g/mol. The zero-order valence-electron chi connectivity index (χ0n) is 15.0. The molecule has 146 valence electrons. The minimum absolute atomic E-state index is 0.0177. The van der Waals surface area contributed by atoms with Gasteiger partial charge in [-0.25, -0.2) is 13.5 Å². The number of halogens is 2. The lowest BCUT2D eigenvalue weighted by Gasteiger charge is -2.14. The highest BCUT2D eigenvalue weighted by molar-refractivity contribution is 5.91. The number of carbonyl (C=O) groups excluding carboxylic acids is 1. The summed E-state index contributed by atoms with van der Waals surface area (Å²) in [5, 5.41) is 20.5. The summed E-state index contributed by atoms with van der Waals surface area (Å²) in [7, 11) is 1.51. The number of rotatable bonds is 7. The fourth-order valence-electron chi connectivity index (χ4n) is 2.69. The Kier molecular flexibility index (Phi) is 5.95. The van der Waals surface area contributed by atoms with Crippen LogP contribution in [0.4, 0.5) is 8.78 Å². The summed E-state index contributed by atoms with van der Waals surface area (Å²) in [5.74, 6) is -1.46. The van der Waals surface area contributed by atoms with Crippen LogP contribution < -0.4 is 10.1 Å². The van der Waals surface area contributed by atoms with Crippen LogP contribution >= 0.6 is 0 Å². The van der Waals surface area contributed by atoms with Gasteiger partial charge >= 0.3 is 0 Å². The van der Waals surface area contributed by atoms with Crippen LogP contribution in [0.3, 0.4) is 0 Å². The Morgan fingerprint density at radius 2 is 1.96 bits per heavy atom. The molecule has 1 unspecified atom stereocenters. The quantitative estimate of drug-likeness (QED) is 0.648.